The van der Waals surface area contributed by atoms with Gasteiger partial charge in [-0.25, -0.2) is 4.79 Å². The molecule has 246 valence electrons. The Hall–Kier alpha value is -4.75. The highest BCUT2D eigenvalue weighted by Gasteiger charge is 2.41. The lowest BCUT2D eigenvalue weighted by Crippen LogP contribution is -2.57. The lowest BCUT2D eigenvalue weighted by Gasteiger charge is -2.31. The highest BCUT2D eigenvalue weighted by molar-refractivity contribution is 6.00. The fourth-order valence-electron chi connectivity index (χ4n) is 5.13. The Morgan fingerprint density at radius 3 is 2.33 bits per heavy atom. The fourth-order valence-corrected chi connectivity index (χ4v) is 5.13. The molecule has 14 heteroatoms. The van der Waals surface area contributed by atoms with Gasteiger partial charge >= 0.3 is 12.3 Å². The normalized spacial score (nSPS) is 16.3. The van der Waals surface area contributed by atoms with Gasteiger partial charge in [-0.05, 0) is 48.4 Å². The molecular formula is C32H36F3N5O6. The Morgan fingerprint density at radius 2 is 1.67 bits per heavy atom. The summed E-state index contributed by atoms with van der Waals surface area (Å²) in [5.74, 6) is -2.49. The van der Waals surface area contributed by atoms with Gasteiger partial charge in [-0.2, -0.15) is 18.2 Å². The molecule has 0 unspecified atom stereocenters. The summed E-state index contributed by atoms with van der Waals surface area (Å²) in [6.07, 6.45) is -4.58. The number of rotatable bonds is 11. The Bertz CT molecular complexity index is 1540. The van der Waals surface area contributed by atoms with E-state index >= 15 is 0 Å². The SMILES string of the molecule is CC(C)[C@H](NC(=O)Oc1ccccc1)C(=O)N1CCC[C@H]1C(=O)N[C@@H](C(=O)c1noc(Cc2cccc(C(F)(F)F)c2)n1)C(C)C. The van der Waals surface area contributed by atoms with Crippen LogP contribution in [0.3, 0.4) is 0 Å². The van der Waals surface area contributed by atoms with Gasteiger partial charge in [-0.15, -0.1) is 0 Å². The second kappa shape index (κ2) is 14.6. The van der Waals surface area contributed by atoms with Crippen LogP contribution in [-0.4, -0.2) is 63.4 Å². The largest absolute Gasteiger partial charge is 0.416 e. The van der Waals surface area contributed by atoms with Crippen LogP contribution in [0.2, 0.25) is 0 Å². The number of halogens is 3. The predicted molar refractivity (Wildman–Crippen MR) is 159 cm³/mol. The maximum atomic E-state index is 13.6. The second-order valence-electron chi connectivity index (χ2n) is 11.7. The van der Waals surface area contributed by atoms with Crippen molar-refractivity contribution >= 4 is 23.7 Å². The number of hydrogen-bond donors (Lipinski definition) is 2. The molecule has 1 saturated heterocycles. The summed E-state index contributed by atoms with van der Waals surface area (Å²) in [6, 6.07) is 10.1. The van der Waals surface area contributed by atoms with Gasteiger partial charge in [0.25, 0.3) is 0 Å². The molecule has 0 saturated carbocycles. The van der Waals surface area contributed by atoms with E-state index in [4.69, 9.17) is 9.26 Å². The third kappa shape index (κ3) is 8.49. The summed E-state index contributed by atoms with van der Waals surface area (Å²) < 4.78 is 49.7. The van der Waals surface area contributed by atoms with Crippen molar-refractivity contribution < 1.29 is 41.6 Å². The standard InChI is InChI=1S/C32H36F3N5O6/c1-18(2)25(27(41)28-36-24(46-39-28)17-20-10-8-11-21(16-20)32(33,34)35)37-29(42)23-14-9-15-40(23)30(43)26(19(3)4)38-31(44)45-22-12-6-5-7-13-22/h5-8,10-13,16,18-19,23,25-26H,9,14-15,17H2,1-4H3,(H,37,42)(H,38,44)/t23-,25+,26-/m0/s1. The molecule has 1 aliphatic rings. The number of Topliss-reactive ketones (excluding diaryl/α,β-unsaturated/α-hetero) is 1. The third-order valence-corrected chi connectivity index (χ3v) is 7.54. The quantitative estimate of drug-likeness (QED) is 0.284. The van der Waals surface area contributed by atoms with Crippen LogP contribution >= 0.6 is 0 Å². The predicted octanol–water partition coefficient (Wildman–Crippen LogP) is 4.81. The first-order valence-electron chi connectivity index (χ1n) is 14.9. The van der Waals surface area contributed by atoms with Crippen molar-refractivity contribution in [3.05, 3.63) is 77.4 Å². The third-order valence-electron chi connectivity index (χ3n) is 7.54. The fraction of sp³-hybridized carbons (Fsp3) is 0.438. The van der Waals surface area contributed by atoms with Gasteiger partial charge in [0.15, 0.2) is 0 Å². The lowest BCUT2D eigenvalue weighted by molar-refractivity contribution is -0.141. The highest BCUT2D eigenvalue weighted by atomic mass is 19.4. The molecule has 1 aromatic heterocycles. The molecule has 3 amide bonds. The molecule has 3 aromatic rings. The number of carbonyl (C=O) groups is 4. The first kappa shape index (κ1) is 34.1. The molecule has 0 bridgehead atoms. The molecule has 11 nitrogen and oxygen atoms in total. The molecule has 46 heavy (non-hydrogen) atoms. The molecule has 0 radical (unpaired) electrons. The van der Waals surface area contributed by atoms with E-state index in [0.717, 1.165) is 12.1 Å². The number of amides is 3. The minimum Gasteiger partial charge on any atom is -0.410 e. The number of para-hydroxylation sites is 1. The maximum Gasteiger partial charge on any atom is 0.416 e. The topological polar surface area (TPSA) is 144 Å². The summed E-state index contributed by atoms with van der Waals surface area (Å²) in [5.41, 5.74) is -0.565. The minimum atomic E-state index is -4.52. The van der Waals surface area contributed by atoms with E-state index in [1.54, 1.807) is 58.0 Å². The number of likely N-dealkylation sites (tertiary alicyclic amines) is 1. The van der Waals surface area contributed by atoms with Crippen LogP contribution < -0.4 is 15.4 Å². The van der Waals surface area contributed by atoms with Crippen LogP contribution in [0.15, 0.2) is 59.1 Å². The number of carbonyl (C=O) groups excluding carboxylic acids is 4. The number of aromatic nitrogens is 2. The molecule has 3 atom stereocenters. The van der Waals surface area contributed by atoms with Gasteiger partial charge in [-0.1, -0.05) is 69.2 Å². The van der Waals surface area contributed by atoms with E-state index in [0.29, 0.717) is 18.6 Å². The van der Waals surface area contributed by atoms with Gasteiger partial charge in [0, 0.05) is 6.54 Å². The number of ether oxygens (including phenoxy) is 1. The molecule has 2 N–H and O–H groups in total. The number of nitrogens with one attached hydrogen (secondary N) is 2. The van der Waals surface area contributed by atoms with E-state index in [-0.39, 0.29) is 36.2 Å². The van der Waals surface area contributed by atoms with Gasteiger partial charge < -0.3 is 24.8 Å². The maximum absolute atomic E-state index is 13.6. The molecule has 0 spiro atoms. The lowest BCUT2D eigenvalue weighted by atomic mass is 9.98. The molecular weight excluding hydrogens is 607 g/mol. The summed E-state index contributed by atoms with van der Waals surface area (Å²) in [5, 5.41) is 9.04. The highest BCUT2D eigenvalue weighted by Crippen LogP contribution is 2.30. The van der Waals surface area contributed by atoms with Crippen molar-refractivity contribution in [1.29, 1.82) is 0 Å². The average Bonchev–Trinajstić information content (AvgIpc) is 3.68. The molecule has 2 heterocycles. The number of hydrogen-bond acceptors (Lipinski definition) is 8. The van der Waals surface area contributed by atoms with Gasteiger partial charge in [0.2, 0.25) is 29.3 Å². The molecule has 4 rings (SSSR count). The summed E-state index contributed by atoms with van der Waals surface area (Å²) in [6.45, 7) is 7.22. The van der Waals surface area contributed by atoms with Gasteiger partial charge in [0.05, 0.1) is 18.0 Å². The minimum absolute atomic E-state index is 0.0675. The summed E-state index contributed by atoms with van der Waals surface area (Å²) in [7, 11) is 0. The zero-order chi connectivity index (χ0) is 33.6. The van der Waals surface area contributed by atoms with E-state index in [2.05, 4.69) is 20.8 Å². The van der Waals surface area contributed by atoms with Crippen LogP contribution in [-0.2, 0) is 22.2 Å². The van der Waals surface area contributed by atoms with E-state index in [1.807, 2.05) is 0 Å². The van der Waals surface area contributed by atoms with E-state index in [1.165, 1.54) is 17.0 Å². The van der Waals surface area contributed by atoms with E-state index in [9.17, 15) is 32.3 Å². The van der Waals surface area contributed by atoms with Crippen molar-refractivity contribution in [1.82, 2.24) is 25.7 Å². The number of alkyl halides is 3. The van der Waals surface area contributed by atoms with E-state index < -0.39 is 59.5 Å². The average molecular weight is 644 g/mol. The van der Waals surface area contributed by atoms with Crippen LogP contribution in [0.4, 0.5) is 18.0 Å². The van der Waals surface area contributed by atoms with Crippen molar-refractivity contribution in [3.63, 3.8) is 0 Å². The zero-order valence-electron chi connectivity index (χ0n) is 25.8. The number of nitrogens with zero attached hydrogens (tertiary/aromatic N) is 3. The molecule has 2 aromatic carbocycles. The van der Waals surface area contributed by atoms with Crippen molar-refractivity contribution in [2.45, 2.75) is 71.3 Å². The summed E-state index contributed by atoms with van der Waals surface area (Å²) >= 11 is 0. The van der Waals surface area contributed by atoms with Crippen LogP contribution in [0, 0.1) is 11.8 Å². The molecule has 0 aliphatic carbocycles. The van der Waals surface area contributed by atoms with Crippen molar-refractivity contribution in [3.8, 4) is 5.75 Å². The Balaban J connectivity index is 1.42. The van der Waals surface area contributed by atoms with Crippen LogP contribution in [0.5, 0.6) is 5.75 Å². The van der Waals surface area contributed by atoms with Crippen molar-refractivity contribution in [2.24, 2.45) is 11.8 Å². The Labute approximate surface area is 263 Å². The van der Waals surface area contributed by atoms with Crippen LogP contribution in [0.1, 0.15) is 68.2 Å². The smallest absolute Gasteiger partial charge is 0.410 e. The Kier molecular flexibility index (Phi) is 10.8. The van der Waals surface area contributed by atoms with Crippen LogP contribution in [0.25, 0.3) is 0 Å². The first-order valence-corrected chi connectivity index (χ1v) is 14.9. The Morgan fingerprint density at radius 1 is 0.978 bits per heavy atom. The summed E-state index contributed by atoms with van der Waals surface area (Å²) in [4.78, 5) is 58.5. The molecule has 1 aliphatic heterocycles. The number of ketones is 1. The van der Waals surface area contributed by atoms with Gasteiger partial charge in [-0.3, -0.25) is 14.4 Å². The monoisotopic (exact) mass is 643 g/mol. The molecule has 1 fully saturated rings. The first-order chi connectivity index (χ1) is 21.7. The van der Waals surface area contributed by atoms with Crippen molar-refractivity contribution in [2.75, 3.05) is 6.54 Å². The second-order valence-corrected chi connectivity index (χ2v) is 11.7. The zero-order valence-corrected chi connectivity index (χ0v) is 25.8. The van der Waals surface area contributed by atoms with Gasteiger partial charge in [0.1, 0.15) is 17.8 Å². The number of benzene rings is 2.